The van der Waals surface area contributed by atoms with Crippen LogP contribution in [-0.4, -0.2) is 37.0 Å². The maximum atomic E-state index is 5.59. The highest BCUT2D eigenvalue weighted by Crippen LogP contribution is 2.29. The lowest BCUT2D eigenvalue weighted by molar-refractivity contribution is 0.340. The Balaban J connectivity index is 1.28. The van der Waals surface area contributed by atoms with Gasteiger partial charge in [0.1, 0.15) is 5.75 Å². The Bertz CT molecular complexity index is 1330. The van der Waals surface area contributed by atoms with Gasteiger partial charge in [-0.05, 0) is 61.9 Å². The molecule has 0 fully saturated rings. The van der Waals surface area contributed by atoms with E-state index in [0.717, 1.165) is 45.4 Å². The average Bonchev–Trinajstić information content (AvgIpc) is 3.48. The van der Waals surface area contributed by atoms with Gasteiger partial charge >= 0.3 is 0 Å². The van der Waals surface area contributed by atoms with Crippen molar-refractivity contribution in [3.63, 3.8) is 0 Å². The molecule has 0 unspecified atom stereocenters. The van der Waals surface area contributed by atoms with E-state index in [1.807, 2.05) is 49.4 Å². The van der Waals surface area contributed by atoms with Crippen LogP contribution >= 0.6 is 11.8 Å². The van der Waals surface area contributed by atoms with Gasteiger partial charge in [0.05, 0.1) is 17.6 Å². The van der Waals surface area contributed by atoms with Crippen molar-refractivity contribution in [3.05, 3.63) is 78.9 Å². The quantitative estimate of drug-likeness (QED) is 0.211. The number of hydrogen-bond donors (Lipinski definition) is 0. The molecule has 2 aromatic carbocycles. The Hall–Kier alpha value is -3.65. The molecular weight excluding hydrogens is 434 g/mol. The van der Waals surface area contributed by atoms with Crippen molar-refractivity contribution in [2.24, 2.45) is 0 Å². The van der Waals surface area contributed by atoms with Gasteiger partial charge in [-0.1, -0.05) is 29.1 Å². The van der Waals surface area contributed by atoms with Crippen molar-refractivity contribution >= 4 is 22.8 Å². The number of fused-ring (bicyclic) bond motifs is 1. The molecule has 0 aliphatic carbocycles. The second-order valence-corrected chi connectivity index (χ2v) is 8.41. The lowest BCUT2D eigenvalue weighted by Crippen LogP contribution is -1.98. The third-order valence-corrected chi connectivity index (χ3v) is 6.13. The van der Waals surface area contributed by atoms with E-state index >= 15 is 0 Å². The minimum Gasteiger partial charge on any atom is -0.494 e. The van der Waals surface area contributed by atoms with Crippen molar-refractivity contribution in [2.75, 3.05) is 12.4 Å². The maximum Gasteiger partial charge on any atom is 0.226 e. The zero-order valence-corrected chi connectivity index (χ0v) is 19.0. The maximum absolute atomic E-state index is 5.59. The summed E-state index contributed by atoms with van der Waals surface area (Å²) in [6, 6.07) is 20.1. The number of imidazole rings is 1. The third-order valence-electron chi connectivity index (χ3n) is 5.11. The number of pyridine rings is 1. The average molecular weight is 458 g/mol. The lowest BCUT2D eigenvalue weighted by atomic mass is 10.2. The van der Waals surface area contributed by atoms with E-state index in [-0.39, 0.29) is 0 Å². The fourth-order valence-corrected chi connectivity index (χ4v) is 4.54. The van der Waals surface area contributed by atoms with Gasteiger partial charge in [0.25, 0.3) is 0 Å². The van der Waals surface area contributed by atoms with Crippen molar-refractivity contribution < 1.29 is 9.26 Å². The second-order valence-electron chi connectivity index (χ2n) is 7.35. The summed E-state index contributed by atoms with van der Waals surface area (Å²) < 4.78 is 13.2. The number of ether oxygens (including phenoxy) is 1. The fourth-order valence-electron chi connectivity index (χ4n) is 3.57. The molecule has 0 aliphatic heterocycles. The topological polar surface area (TPSA) is 78.9 Å². The van der Waals surface area contributed by atoms with E-state index in [0.29, 0.717) is 24.7 Å². The number of thioether (sulfide) groups is 1. The molecule has 0 amide bonds. The first-order chi connectivity index (χ1) is 16.3. The summed E-state index contributed by atoms with van der Waals surface area (Å²) in [5.41, 5.74) is 4.03. The molecule has 0 saturated heterocycles. The Kier molecular flexibility index (Phi) is 6.34. The van der Waals surface area contributed by atoms with Crippen LogP contribution in [0.1, 0.15) is 19.2 Å². The number of benzene rings is 2. The predicted molar refractivity (Wildman–Crippen MR) is 129 cm³/mol. The van der Waals surface area contributed by atoms with E-state index in [1.54, 1.807) is 24.2 Å². The minimum atomic E-state index is 0.595. The normalized spacial score (nSPS) is 11.2. The summed E-state index contributed by atoms with van der Waals surface area (Å²) in [4.78, 5) is 13.4. The van der Waals surface area contributed by atoms with Crippen molar-refractivity contribution in [2.45, 2.75) is 24.9 Å². The van der Waals surface area contributed by atoms with Crippen molar-refractivity contribution in [1.82, 2.24) is 24.7 Å². The molecule has 7 nitrogen and oxygen atoms in total. The molecular formula is C25H23N5O2S. The zero-order valence-electron chi connectivity index (χ0n) is 18.2. The van der Waals surface area contributed by atoms with Gasteiger partial charge < -0.3 is 9.26 Å². The van der Waals surface area contributed by atoms with Gasteiger partial charge in [-0.25, -0.2) is 4.98 Å². The monoisotopic (exact) mass is 457 g/mol. The van der Waals surface area contributed by atoms with Gasteiger partial charge in [0.2, 0.25) is 11.7 Å². The van der Waals surface area contributed by atoms with Crippen LogP contribution < -0.4 is 4.74 Å². The zero-order chi connectivity index (χ0) is 22.5. The summed E-state index contributed by atoms with van der Waals surface area (Å²) in [7, 11) is 0. The second kappa shape index (κ2) is 9.87. The Morgan fingerprint density at radius 1 is 0.970 bits per heavy atom. The summed E-state index contributed by atoms with van der Waals surface area (Å²) in [6.45, 7) is 2.64. The molecule has 3 heterocycles. The molecule has 0 saturated carbocycles. The molecule has 5 rings (SSSR count). The van der Waals surface area contributed by atoms with Crippen LogP contribution in [0.25, 0.3) is 28.1 Å². The number of hydrogen-bond acceptors (Lipinski definition) is 7. The minimum absolute atomic E-state index is 0.595. The summed E-state index contributed by atoms with van der Waals surface area (Å²) in [5.74, 6) is 2.98. The Morgan fingerprint density at radius 2 is 1.79 bits per heavy atom. The summed E-state index contributed by atoms with van der Waals surface area (Å²) >= 11 is 1.73. The van der Waals surface area contributed by atoms with E-state index in [1.165, 1.54) is 0 Å². The molecule has 33 heavy (non-hydrogen) atoms. The SMILES string of the molecule is CCOc1ccc(-n2c(SCCCc3nc(-c4ccncc4)no3)nc3ccccc32)cc1. The van der Waals surface area contributed by atoms with Gasteiger partial charge in [0.15, 0.2) is 5.16 Å². The van der Waals surface area contributed by atoms with Gasteiger partial charge in [-0.2, -0.15) is 4.98 Å². The van der Waals surface area contributed by atoms with Crippen LogP contribution in [0, 0.1) is 0 Å². The first kappa shape index (κ1) is 21.2. The molecule has 0 bridgehead atoms. The largest absolute Gasteiger partial charge is 0.494 e. The van der Waals surface area contributed by atoms with Crippen molar-refractivity contribution in [3.8, 4) is 22.8 Å². The standard InChI is InChI=1S/C25H23N5O2S/c1-2-31-20-11-9-19(10-12-20)30-22-7-4-3-6-21(22)27-25(30)33-17-5-8-23-28-24(29-32-23)18-13-15-26-16-14-18/h3-4,6-7,9-16H,2,5,8,17H2,1H3. The van der Waals surface area contributed by atoms with Crippen LogP contribution in [0.2, 0.25) is 0 Å². The van der Waals surface area contributed by atoms with E-state index in [4.69, 9.17) is 14.2 Å². The number of aryl methyl sites for hydroxylation is 1. The first-order valence-electron chi connectivity index (χ1n) is 10.9. The van der Waals surface area contributed by atoms with Crippen LogP contribution in [0.15, 0.2) is 82.7 Å². The van der Waals surface area contributed by atoms with Crippen molar-refractivity contribution in [1.29, 1.82) is 0 Å². The highest BCUT2D eigenvalue weighted by molar-refractivity contribution is 7.99. The number of para-hydroxylation sites is 2. The first-order valence-corrected chi connectivity index (χ1v) is 11.9. The van der Waals surface area contributed by atoms with Crippen LogP contribution in [0.4, 0.5) is 0 Å². The fraction of sp³-hybridized carbons (Fsp3) is 0.200. The molecule has 5 aromatic rings. The smallest absolute Gasteiger partial charge is 0.226 e. The molecule has 0 aliphatic rings. The molecule has 0 radical (unpaired) electrons. The van der Waals surface area contributed by atoms with Crippen LogP contribution in [0.3, 0.4) is 0 Å². The number of rotatable bonds is 9. The molecule has 0 N–H and O–H groups in total. The van der Waals surface area contributed by atoms with Gasteiger partial charge in [0, 0.05) is 35.8 Å². The lowest BCUT2D eigenvalue weighted by Gasteiger charge is -2.10. The number of aromatic nitrogens is 5. The predicted octanol–water partition coefficient (Wildman–Crippen LogP) is 5.59. The van der Waals surface area contributed by atoms with Crippen LogP contribution in [0.5, 0.6) is 5.75 Å². The van der Waals surface area contributed by atoms with E-state index in [2.05, 4.69) is 37.9 Å². The molecule has 166 valence electrons. The van der Waals surface area contributed by atoms with Gasteiger partial charge in [-0.15, -0.1) is 0 Å². The molecule has 0 spiro atoms. The summed E-state index contributed by atoms with van der Waals surface area (Å²) in [5, 5.41) is 5.04. The van der Waals surface area contributed by atoms with E-state index in [9.17, 15) is 0 Å². The Morgan fingerprint density at radius 3 is 2.61 bits per heavy atom. The van der Waals surface area contributed by atoms with Crippen LogP contribution in [-0.2, 0) is 6.42 Å². The molecule has 8 heteroatoms. The highest BCUT2D eigenvalue weighted by Gasteiger charge is 2.14. The third kappa shape index (κ3) is 4.75. The molecule has 0 atom stereocenters. The Labute approximate surface area is 195 Å². The summed E-state index contributed by atoms with van der Waals surface area (Å²) in [6.07, 6.45) is 5.06. The van der Waals surface area contributed by atoms with E-state index < -0.39 is 0 Å². The molecule has 3 aromatic heterocycles. The van der Waals surface area contributed by atoms with Gasteiger partial charge in [-0.3, -0.25) is 9.55 Å². The highest BCUT2D eigenvalue weighted by atomic mass is 32.2. The number of nitrogens with zero attached hydrogens (tertiary/aromatic N) is 5.